The number of hydrogen-bond donors (Lipinski definition) is 1. The van der Waals surface area contributed by atoms with Gasteiger partial charge in [0.1, 0.15) is 5.82 Å². The number of carbonyl (C=O) groups is 1. The van der Waals surface area contributed by atoms with Crippen molar-refractivity contribution < 1.29 is 22.3 Å². The molecule has 0 bridgehead atoms. The van der Waals surface area contributed by atoms with E-state index in [0.29, 0.717) is 26.3 Å². The summed E-state index contributed by atoms with van der Waals surface area (Å²) in [5.41, 5.74) is -0.0362. The number of hydrogen-bond acceptors (Lipinski definition) is 4. The molecule has 1 amide bonds. The summed E-state index contributed by atoms with van der Waals surface area (Å²) in [5.74, 6) is -1.25. The number of halogens is 1. The monoisotopic (exact) mass is 288 g/mol. The van der Waals surface area contributed by atoms with E-state index in [1.807, 2.05) is 0 Å². The Hall–Kier alpha value is -1.51. The average molecular weight is 288 g/mol. The predicted molar refractivity (Wildman–Crippen MR) is 64.5 cm³/mol. The van der Waals surface area contributed by atoms with Gasteiger partial charge in [0.05, 0.1) is 18.1 Å². The summed E-state index contributed by atoms with van der Waals surface area (Å²) in [7, 11) is -4.05. The zero-order chi connectivity index (χ0) is 14.0. The van der Waals surface area contributed by atoms with Gasteiger partial charge in [0.25, 0.3) is 5.91 Å². The Morgan fingerprint density at radius 1 is 1.26 bits per heavy atom. The molecule has 0 saturated carbocycles. The Morgan fingerprint density at radius 3 is 2.47 bits per heavy atom. The smallest absolute Gasteiger partial charge is 0.254 e. The maximum Gasteiger partial charge on any atom is 0.254 e. The number of amides is 1. The molecule has 19 heavy (non-hydrogen) atoms. The number of carbonyl (C=O) groups excluding carboxylic acids is 1. The number of ether oxygens (including phenoxy) is 1. The summed E-state index contributed by atoms with van der Waals surface area (Å²) < 4.78 is 40.9. The van der Waals surface area contributed by atoms with E-state index in [0.717, 1.165) is 18.2 Å². The summed E-state index contributed by atoms with van der Waals surface area (Å²) in [6, 6.07) is 2.86. The number of primary sulfonamides is 1. The summed E-state index contributed by atoms with van der Waals surface area (Å²) >= 11 is 0. The normalized spacial score (nSPS) is 16.4. The van der Waals surface area contributed by atoms with Crippen LogP contribution < -0.4 is 5.14 Å². The molecule has 6 nitrogen and oxygen atoms in total. The Morgan fingerprint density at radius 2 is 1.89 bits per heavy atom. The van der Waals surface area contributed by atoms with Gasteiger partial charge in [-0.15, -0.1) is 0 Å². The first kappa shape index (κ1) is 13.9. The minimum Gasteiger partial charge on any atom is -0.378 e. The van der Waals surface area contributed by atoms with Crippen molar-refractivity contribution in [1.82, 2.24) is 4.90 Å². The van der Waals surface area contributed by atoms with E-state index in [2.05, 4.69) is 0 Å². The van der Waals surface area contributed by atoms with Gasteiger partial charge in [-0.2, -0.15) is 0 Å². The lowest BCUT2D eigenvalue weighted by Gasteiger charge is -2.27. The number of nitrogens with zero attached hydrogens (tertiary/aromatic N) is 1. The first-order valence-electron chi connectivity index (χ1n) is 5.58. The molecular formula is C11H13FN2O4S. The predicted octanol–water partition coefficient (Wildman–Crippen LogP) is -0.0545. The Bertz CT molecular complexity index is 597. The lowest BCUT2D eigenvalue weighted by atomic mass is 10.2. The molecular weight excluding hydrogens is 275 g/mol. The third kappa shape index (κ3) is 3.28. The molecule has 0 aliphatic carbocycles. The standard InChI is InChI=1S/C11H13FN2O4S/c12-9-5-8(6-10(7-9)19(13,16)17)11(15)14-1-3-18-4-2-14/h5-7H,1-4H2,(H2,13,16,17). The summed E-state index contributed by atoms with van der Waals surface area (Å²) in [6.45, 7) is 1.59. The average Bonchev–Trinajstić information content (AvgIpc) is 2.37. The van der Waals surface area contributed by atoms with Crippen molar-refractivity contribution in [3.63, 3.8) is 0 Å². The van der Waals surface area contributed by atoms with Crippen molar-refractivity contribution in [2.75, 3.05) is 26.3 Å². The number of rotatable bonds is 2. The van der Waals surface area contributed by atoms with Crippen molar-refractivity contribution in [1.29, 1.82) is 0 Å². The van der Waals surface area contributed by atoms with E-state index in [4.69, 9.17) is 9.88 Å². The van der Waals surface area contributed by atoms with Crippen LogP contribution in [0.2, 0.25) is 0 Å². The molecule has 1 aromatic carbocycles. The molecule has 104 valence electrons. The minimum absolute atomic E-state index is 0.0362. The second kappa shape index (κ2) is 5.24. The number of benzene rings is 1. The molecule has 1 heterocycles. The maximum atomic E-state index is 13.4. The third-order valence-corrected chi connectivity index (χ3v) is 3.64. The SMILES string of the molecule is NS(=O)(=O)c1cc(F)cc(C(=O)N2CCOCC2)c1. The van der Waals surface area contributed by atoms with Crippen LogP contribution in [0.4, 0.5) is 4.39 Å². The van der Waals surface area contributed by atoms with Crippen LogP contribution >= 0.6 is 0 Å². The number of sulfonamides is 1. The fourth-order valence-electron chi connectivity index (χ4n) is 1.80. The molecule has 0 atom stereocenters. The highest BCUT2D eigenvalue weighted by molar-refractivity contribution is 7.89. The summed E-state index contributed by atoms with van der Waals surface area (Å²) in [5, 5.41) is 4.93. The van der Waals surface area contributed by atoms with Crippen molar-refractivity contribution in [3.8, 4) is 0 Å². The van der Waals surface area contributed by atoms with Crippen LogP contribution in [-0.2, 0) is 14.8 Å². The highest BCUT2D eigenvalue weighted by Crippen LogP contribution is 2.15. The van der Waals surface area contributed by atoms with Gasteiger partial charge in [0.15, 0.2) is 0 Å². The van der Waals surface area contributed by atoms with E-state index in [1.165, 1.54) is 4.90 Å². The molecule has 1 fully saturated rings. The molecule has 0 unspecified atom stereocenters. The molecule has 0 spiro atoms. The maximum absolute atomic E-state index is 13.4. The van der Waals surface area contributed by atoms with Crippen molar-refractivity contribution in [2.24, 2.45) is 5.14 Å². The Labute approximate surface area is 110 Å². The molecule has 1 aromatic rings. The topological polar surface area (TPSA) is 89.7 Å². The van der Waals surface area contributed by atoms with Crippen LogP contribution in [0.3, 0.4) is 0 Å². The zero-order valence-electron chi connectivity index (χ0n) is 10.0. The molecule has 1 saturated heterocycles. The number of nitrogens with two attached hydrogens (primary N) is 1. The van der Waals surface area contributed by atoms with Crippen molar-refractivity contribution in [3.05, 3.63) is 29.6 Å². The van der Waals surface area contributed by atoms with Crippen LogP contribution in [0.1, 0.15) is 10.4 Å². The lowest BCUT2D eigenvalue weighted by molar-refractivity contribution is 0.0302. The van der Waals surface area contributed by atoms with Gasteiger partial charge >= 0.3 is 0 Å². The van der Waals surface area contributed by atoms with E-state index >= 15 is 0 Å². The van der Waals surface area contributed by atoms with E-state index < -0.39 is 26.6 Å². The first-order valence-corrected chi connectivity index (χ1v) is 7.13. The fraction of sp³-hybridized carbons (Fsp3) is 0.364. The third-order valence-electron chi connectivity index (χ3n) is 2.75. The fourth-order valence-corrected chi connectivity index (χ4v) is 2.37. The molecule has 2 rings (SSSR count). The van der Waals surface area contributed by atoms with E-state index in [-0.39, 0.29) is 5.56 Å². The highest BCUT2D eigenvalue weighted by Gasteiger charge is 2.21. The van der Waals surface area contributed by atoms with Crippen LogP contribution in [0, 0.1) is 5.82 Å². The van der Waals surface area contributed by atoms with Gasteiger partial charge in [-0.1, -0.05) is 0 Å². The number of morpholine rings is 1. The van der Waals surface area contributed by atoms with Crippen LogP contribution in [0.5, 0.6) is 0 Å². The van der Waals surface area contributed by atoms with Gasteiger partial charge in [-0.05, 0) is 18.2 Å². The van der Waals surface area contributed by atoms with Gasteiger partial charge < -0.3 is 9.64 Å². The quantitative estimate of drug-likeness (QED) is 0.826. The van der Waals surface area contributed by atoms with Crippen molar-refractivity contribution >= 4 is 15.9 Å². The molecule has 0 radical (unpaired) electrons. The Kier molecular flexibility index (Phi) is 3.83. The molecule has 1 aliphatic rings. The zero-order valence-corrected chi connectivity index (χ0v) is 10.8. The van der Waals surface area contributed by atoms with Crippen LogP contribution in [-0.4, -0.2) is 45.5 Å². The molecule has 8 heteroatoms. The molecule has 1 aliphatic heterocycles. The van der Waals surface area contributed by atoms with Gasteiger partial charge in [0, 0.05) is 18.7 Å². The van der Waals surface area contributed by atoms with Crippen LogP contribution in [0.15, 0.2) is 23.1 Å². The Balaban J connectivity index is 2.34. The van der Waals surface area contributed by atoms with Crippen LogP contribution in [0.25, 0.3) is 0 Å². The first-order chi connectivity index (χ1) is 8.88. The van der Waals surface area contributed by atoms with Gasteiger partial charge in [0.2, 0.25) is 10.0 Å². The van der Waals surface area contributed by atoms with E-state index in [9.17, 15) is 17.6 Å². The van der Waals surface area contributed by atoms with Crippen molar-refractivity contribution in [2.45, 2.75) is 4.90 Å². The second-order valence-electron chi connectivity index (χ2n) is 4.13. The molecule has 2 N–H and O–H groups in total. The minimum atomic E-state index is -4.05. The summed E-state index contributed by atoms with van der Waals surface area (Å²) in [6.07, 6.45) is 0. The summed E-state index contributed by atoms with van der Waals surface area (Å²) in [4.78, 5) is 13.2. The second-order valence-corrected chi connectivity index (χ2v) is 5.69. The highest BCUT2D eigenvalue weighted by atomic mass is 32.2. The molecule has 0 aromatic heterocycles. The van der Waals surface area contributed by atoms with Gasteiger partial charge in [-0.3, -0.25) is 4.79 Å². The van der Waals surface area contributed by atoms with Gasteiger partial charge in [-0.25, -0.2) is 17.9 Å². The van der Waals surface area contributed by atoms with E-state index in [1.54, 1.807) is 0 Å². The lowest BCUT2D eigenvalue weighted by Crippen LogP contribution is -2.40. The largest absolute Gasteiger partial charge is 0.378 e.